The minimum absolute atomic E-state index is 0.0289. The lowest BCUT2D eigenvalue weighted by Crippen LogP contribution is -2.42. The van der Waals surface area contributed by atoms with Crippen molar-refractivity contribution < 1.29 is 9.90 Å². The number of rotatable bonds is 5. The lowest BCUT2D eigenvalue weighted by Gasteiger charge is -2.30. The van der Waals surface area contributed by atoms with E-state index in [9.17, 15) is 9.90 Å². The first kappa shape index (κ1) is 21.2. The summed E-state index contributed by atoms with van der Waals surface area (Å²) in [4.78, 5) is 25.6. The number of amides is 1. The van der Waals surface area contributed by atoms with Crippen molar-refractivity contribution in [2.24, 2.45) is 0 Å². The highest BCUT2D eigenvalue weighted by Gasteiger charge is 2.26. The number of halogens is 2. The van der Waals surface area contributed by atoms with E-state index in [4.69, 9.17) is 23.2 Å². The molecule has 2 atom stereocenters. The highest BCUT2D eigenvalue weighted by atomic mass is 35.5. The fraction of sp³-hybridized carbons (Fsp3) is 0.476. The summed E-state index contributed by atoms with van der Waals surface area (Å²) in [7, 11) is 1.86. The number of aliphatic hydroxyl groups excluding tert-OH is 1. The normalized spacial score (nSPS) is 20.7. The van der Waals surface area contributed by atoms with Crippen LogP contribution >= 0.6 is 23.2 Å². The van der Waals surface area contributed by atoms with E-state index in [1.807, 2.05) is 29.1 Å². The Labute approximate surface area is 186 Å². The zero-order valence-electron chi connectivity index (χ0n) is 16.8. The van der Waals surface area contributed by atoms with Gasteiger partial charge in [0.15, 0.2) is 0 Å². The molecule has 2 unspecified atom stereocenters. The Morgan fingerprint density at radius 3 is 2.90 bits per heavy atom. The third-order valence-corrected chi connectivity index (χ3v) is 6.49. The average molecular weight is 450 g/mol. The van der Waals surface area contributed by atoms with E-state index in [2.05, 4.69) is 15.3 Å². The van der Waals surface area contributed by atoms with Crippen LogP contribution < -0.4 is 10.2 Å². The van der Waals surface area contributed by atoms with Gasteiger partial charge in [-0.25, -0.2) is 9.97 Å². The van der Waals surface area contributed by atoms with Gasteiger partial charge in [-0.3, -0.25) is 4.79 Å². The van der Waals surface area contributed by atoms with E-state index in [0.29, 0.717) is 35.5 Å². The van der Waals surface area contributed by atoms with Crippen molar-refractivity contribution in [3.63, 3.8) is 0 Å². The molecule has 0 spiro atoms. The number of aliphatic hydroxyl groups is 1. The monoisotopic (exact) mass is 449 g/mol. The molecule has 1 aromatic carbocycles. The van der Waals surface area contributed by atoms with Crippen molar-refractivity contribution in [2.45, 2.75) is 44.4 Å². The summed E-state index contributed by atoms with van der Waals surface area (Å²) in [5.41, 5.74) is 2.79. The van der Waals surface area contributed by atoms with Gasteiger partial charge in [-0.2, -0.15) is 0 Å². The number of carbonyl (C=O) groups excluding carboxylic acids is 1. The third-order valence-electron chi connectivity index (χ3n) is 5.75. The molecule has 4 rings (SSSR count). The van der Waals surface area contributed by atoms with Crippen LogP contribution in [0.3, 0.4) is 0 Å². The van der Waals surface area contributed by atoms with Crippen LogP contribution in [0.25, 0.3) is 0 Å². The van der Waals surface area contributed by atoms with Crippen LogP contribution in [-0.4, -0.2) is 58.2 Å². The fourth-order valence-electron chi connectivity index (χ4n) is 3.97. The molecule has 0 radical (unpaired) electrons. The maximum atomic E-state index is 12.9. The lowest BCUT2D eigenvalue weighted by atomic mass is 10.1. The second-order valence-electron chi connectivity index (χ2n) is 7.99. The Kier molecular flexibility index (Phi) is 6.32. The van der Waals surface area contributed by atoms with Crippen molar-refractivity contribution >= 4 is 40.7 Å². The van der Waals surface area contributed by atoms with Crippen LogP contribution in [0.4, 0.5) is 11.6 Å². The van der Waals surface area contributed by atoms with Gasteiger partial charge < -0.3 is 20.2 Å². The summed E-state index contributed by atoms with van der Waals surface area (Å²) in [5.74, 6) is 0.594. The second kappa shape index (κ2) is 8.96. The molecule has 160 valence electrons. The highest BCUT2D eigenvalue weighted by Crippen LogP contribution is 2.27. The third kappa shape index (κ3) is 4.79. The molecule has 30 heavy (non-hydrogen) atoms. The average Bonchev–Trinajstić information content (AvgIpc) is 3.13. The Hall–Kier alpha value is -2.09. The molecular formula is C21H25Cl2N5O2. The molecule has 2 N–H and O–H groups in total. The molecule has 1 aliphatic carbocycles. The summed E-state index contributed by atoms with van der Waals surface area (Å²) < 4.78 is 0. The quantitative estimate of drug-likeness (QED) is 0.729. The SMILES string of the molecule is CN(CC(=O)N1CCc2cnc(NC3CCC(O)C3)nc2C1)c1ccc(Cl)c(Cl)c1. The van der Waals surface area contributed by atoms with Crippen LogP contribution in [0.5, 0.6) is 0 Å². The molecule has 7 nitrogen and oxygen atoms in total. The van der Waals surface area contributed by atoms with Gasteiger partial charge in [0.1, 0.15) is 0 Å². The topological polar surface area (TPSA) is 81.6 Å². The van der Waals surface area contributed by atoms with E-state index in [0.717, 1.165) is 36.2 Å². The van der Waals surface area contributed by atoms with Crippen LogP contribution in [0, 0.1) is 0 Å². The minimum Gasteiger partial charge on any atom is -0.393 e. The van der Waals surface area contributed by atoms with Crippen LogP contribution in [0.2, 0.25) is 10.0 Å². The van der Waals surface area contributed by atoms with E-state index in [-0.39, 0.29) is 24.6 Å². The van der Waals surface area contributed by atoms with Crippen molar-refractivity contribution in [2.75, 3.05) is 30.4 Å². The minimum atomic E-state index is -0.249. The Bertz CT molecular complexity index is 942. The Morgan fingerprint density at radius 2 is 2.17 bits per heavy atom. The van der Waals surface area contributed by atoms with Gasteiger partial charge in [-0.05, 0) is 49.4 Å². The van der Waals surface area contributed by atoms with Gasteiger partial charge in [0.2, 0.25) is 11.9 Å². The Balaban J connectivity index is 1.39. The lowest BCUT2D eigenvalue weighted by molar-refractivity contribution is -0.130. The van der Waals surface area contributed by atoms with E-state index < -0.39 is 0 Å². The van der Waals surface area contributed by atoms with Crippen molar-refractivity contribution in [1.29, 1.82) is 0 Å². The largest absolute Gasteiger partial charge is 0.393 e. The van der Waals surface area contributed by atoms with Gasteiger partial charge in [-0.1, -0.05) is 23.2 Å². The van der Waals surface area contributed by atoms with Gasteiger partial charge in [0, 0.05) is 31.5 Å². The first-order valence-corrected chi connectivity index (χ1v) is 10.9. The Morgan fingerprint density at radius 1 is 1.33 bits per heavy atom. The van der Waals surface area contributed by atoms with E-state index in [1.54, 1.807) is 12.1 Å². The summed E-state index contributed by atoms with van der Waals surface area (Å²) in [6, 6.07) is 5.53. The maximum absolute atomic E-state index is 12.9. The van der Waals surface area contributed by atoms with Crippen LogP contribution in [0.15, 0.2) is 24.4 Å². The first-order chi connectivity index (χ1) is 14.4. The molecular weight excluding hydrogens is 425 g/mol. The maximum Gasteiger partial charge on any atom is 0.242 e. The highest BCUT2D eigenvalue weighted by molar-refractivity contribution is 6.42. The van der Waals surface area contributed by atoms with Crippen LogP contribution in [0.1, 0.15) is 30.5 Å². The standard InChI is InChI=1S/C21H25Cl2N5O2/c1-27(15-3-5-17(22)18(23)9-15)12-20(30)28-7-6-13-10-24-21(26-19(13)11-28)25-14-2-4-16(29)8-14/h3,5,9-10,14,16,29H,2,4,6-8,11-12H2,1H3,(H,24,25,26). The molecule has 1 aromatic heterocycles. The number of fused-ring (bicyclic) bond motifs is 1. The predicted molar refractivity (Wildman–Crippen MR) is 118 cm³/mol. The number of benzene rings is 1. The van der Waals surface area contributed by atoms with Crippen molar-refractivity contribution in [3.05, 3.63) is 45.7 Å². The van der Waals surface area contributed by atoms with Crippen molar-refractivity contribution in [1.82, 2.24) is 14.9 Å². The molecule has 1 aliphatic heterocycles. The smallest absolute Gasteiger partial charge is 0.242 e. The second-order valence-corrected chi connectivity index (χ2v) is 8.81. The van der Waals surface area contributed by atoms with E-state index >= 15 is 0 Å². The molecule has 2 aromatic rings. The number of hydrogen-bond acceptors (Lipinski definition) is 6. The van der Waals surface area contributed by atoms with Gasteiger partial charge in [0.25, 0.3) is 0 Å². The molecule has 0 bridgehead atoms. The number of nitrogens with one attached hydrogen (secondary N) is 1. The first-order valence-electron chi connectivity index (χ1n) is 10.1. The number of aromatic nitrogens is 2. The van der Waals surface area contributed by atoms with Crippen molar-refractivity contribution in [3.8, 4) is 0 Å². The zero-order valence-corrected chi connectivity index (χ0v) is 18.3. The van der Waals surface area contributed by atoms with E-state index in [1.165, 1.54) is 0 Å². The fourth-order valence-corrected chi connectivity index (χ4v) is 4.27. The number of hydrogen-bond donors (Lipinski definition) is 2. The number of nitrogens with zero attached hydrogens (tertiary/aromatic N) is 4. The van der Waals surface area contributed by atoms with Gasteiger partial charge in [0.05, 0.1) is 34.9 Å². The number of likely N-dealkylation sites (N-methyl/N-ethyl adjacent to an activating group) is 1. The predicted octanol–water partition coefficient (Wildman–Crippen LogP) is 3.13. The van der Waals surface area contributed by atoms with Gasteiger partial charge >= 0.3 is 0 Å². The number of anilines is 2. The number of carbonyl (C=O) groups is 1. The molecule has 2 aliphatic rings. The summed E-state index contributed by atoms with van der Waals surface area (Å²) in [6.45, 7) is 1.35. The molecule has 2 heterocycles. The summed E-state index contributed by atoms with van der Waals surface area (Å²) in [6.07, 6.45) is 4.76. The van der Waals surface area contributed by atoms with Gasteiger partial charge in [-0.15, -0.1) is 0 Å². The molecule has 0 saturated heterocycles. The molecule has 1 amide bonds. The zero-order chi connectivity index (χ0) is 21.3. The summed E-state index contributed by atoms with van der Waals surface area (Å²) >= 11 is 12.1. The van der Waals surface area contributed by atoms with Crippen LogP contribution in [-0.2, 0) is 17.8 Å². The molecule has 1 saturated carbocycles. The molecule has 1 fully saturated rings. The summed E-state index contributed by atoms with van der Waals surface area (Å²) in [5, 5.41) is 14.0. The molecule has 9 heteroatoms.